The number of hydrogen-bond donors (Lipinski definition) is 2. The van der Waals surface area contributed by atoms with Gasteiger partial charge in [0, 0.05) is 32.1 Å². The van der Waals surface area contributed by atoms with Gasteiger partial charge in [-0.1, -0.05) is 0 Å². The zero-order valence-corrected chi connectivity index (χ0v) is 10.1. The number of carbonyl (C=O) groups is 1. The summed E-state index contributed by atoms with van der Waals surface area (Å²) in [6, 6.07) is 0.380. The van der Waals surface area contributed by atoms with E-state index in [1.165, 1.54) is 0 Å². The van der Waals surface area contributed by atoms with E-state index >= 15 is 0 Å². The molecule has 0 saturated carbocycles. The monoisotopic (exact) mass is 229 g/mol. The Morgan fingerprint density at radius 2 is 2.19 bits per heavy atom. The molecule has 0 aromatic heterocycles. The zero-order valence-electron chi connectivity index (χ0n) is 10.1. The molecule has 1 rings (SSSR count). The third-order valence-electron chi connectivity index (χ3n) is 2.87. The van der Waals surface area contributed by atoms with Crippen molar-refractivity contribution in [3.63, 3.8) is 0 Å². The molecule has 0 aliphatic carbocycles. The van der Waals surface area contributed by atoms with Crippen LogP contribution in [0, 0.1) is 0 Å². The first-order valence-electron chi connectivity index (χ1n) is 6.02. The quantitative estimate of drug-likeness (QED) is 0.648. The maximum absolute atomic E-state index is 11.4. The molecule has 0 radical (unpaired) electrons. The molecule has 1 fully saturated rings. The lowest BCUT2D eigenvalue weighted by Crippen LogP contribution is -2.47. The van der Waals surface area contributed by atoms with Gasteiger partial charge in [-0.25, -0.2) is 0 Å². The molecule has 1 aliphatic rings. The summed E-state index contributed by atoms with van der Waals surface area (Å²) in [6.45, 7) is 6.93. The van der Waals surface area contributed by atoms with E-state index in [1.54, 1.807) is 0 Å². The Morgan fingerprint density at radius 3 is 2.81 bits per heavy atom. The lowest BCUT2D eigenvalue weighted by Gasteiger charge is -2.32. The molecular formula is C11H23N3O2. The molecule has 0 aromatic rings. The number of nitrogens with zero attached hydrogens (tertiary/aromatic N) is 1. The van der Waals surface area contributed by atoms with Crippen molar-refractivity contribution in [2.45, 2.75) is 25.8 Å². The van der Waals surface area contributed by atoms with Crippen LogP contribution in [0.5, 0.6) is 0 Å². The highest BCUT2D eigenvalue weighted by molar-refractivity contribution is 5.75. The summed E-state index contributed by atoms with van der Waals surface area (Å²) in [5.74, 6) is 0.102. The smallest absolute Gasteiger partial charge is 0.220 e. The third kappa shape index (κ3) is 4.92. The lowest BCUT2D eigenvalue weighted by molar-refractivity contribution is -0.121. The van der Waals surface area contributed by atoms with Crippen molar-refractivity contribution in [2.24, 2.45) is 5.73 Å². The molecule has 94 valence electrons. The minimum atomic E-state index is 0.102. The molecule has 3 N–H and O–H groups in total. The first-order chi connectivity index (χ1) is 7.74. The van der Waals surface area contributed by atoms with E-state index in [-0.39, 0.29) is 5.91 Å². The van der Waals surface area contributed by atoms with Crippen molar-refractivity contribution in [1.82, 2.24) is 10.2 Å². The van der Waals surface area contributed by atoms with Crippen molar-refractivity contribution in [2.75, 3.05) is 39.4 Å². The Kier molecular flexibility index (Phi) is 6.37. The van der Waals surface area contributed by atoms with Gasteiger partial charge in [-0.05, 0) is 19.9 Å². The van der Waals surface area contributed by atoms with Crippen LogP contribution in [0.1, 0.15) is 19.8 Å². The van der Waals surface area contributed by atoms with Crippen LogP contribution in [0.25, 0.3) is 0 Å². The second kappa shape index (κ2) is 7.60. The van der Waals surface area contributed by atoms with Crippen LogP contribution in [0.2, 0.25) is 0 Å². The molecule has 16 heavy (non-hydrogen) atoms. The fraction of sp³-hybridized carbons (Fsp3) is 0.909. The normalized spacial score (nSPS) is 19.4. The first-order valence-corrected chi connectivity index (χ1v) is 6.02. The Labute approximate surface area is 97.3 Å². The van der Waals surface area contributed by atoms with Crippen LogP contribution in [0.3, 0.4) is 0 Å². The van der Waals surface area contributed by atoms with E-state index in [4.69, 9.17) is 10.5 Å². The van der Waals surface area contributed by atoms with Gasteiger partial charge < -0.3 is 15.8 Å². The summed E-state index contributed by atoms with van der Waals surface area (Å²) in [5.41, 5.74) is 5.35. The van der Waals surface area contributed by atoms with Crippen LogP contribution in [0.4, 0.5) is 0 Å². The van der Waals surface area contributed by atoms with E-state index < -0.39 is 0 Å². The highest BCUT2D eigenvalue weighted by Crippen LogP contribution is 2.02. The highest BCUT2D eigenvalue weighted by Gasteiger charge is 2.17. The third-order valence-corrected chi connectivity index (χ3v) is 2.87. The molecule has 1 heterocycles. The van der Waals surface area contributed by atoms with E-state index in [1.807, 2.05) is 0 Å². The number of rotatable bonds is 6. The van der Waals surface area contributed by atoms with Gasteiger partial charge in [0.05, 0.1) is 13.2 Å². The lowest BCUT2D eigenvalue weighted by atomic mass is 10.2. The van der Waals surface area contributed by atoms with Crippen LogP contribution in [-0.2, 0) is 9.53 Å². The molecule has 5 heteroatoms. The maximum atomic E-state index is 11.4. The summed E-state index contributed by atoms with van der Waals surface area (Å²) in [6.07, 6.45) is 1.30. The summed E-state index contributed by atoms with van der Waals surface area (Å²) >= 11 is 0. The van der Waals surface area contributed by atoms with Crippen molar-refractivity contribution >= 4 is 5.91 Å². The zero-order chi connectivity index (χ0) is 11.8. The Balaban J connectivity index is 2.13. The second-order valence-corrected chi connectivity index (χ2v) is 4.19. The molecule has 1 unspecified atom stereocenters. The molecule has 0 spiro atoms. The van der Waals surface area contributed by atoms with E-state index in [2.05, 4.69) is 17.1 Å². The molecule has 0 bridgehead atoms. The molecule has 1 aliphatic heterocycles. The number of carbonyl (C=O) groups excluding carboxylic acids is 1. The molecule has 1 saturated heterocycles. The van der Waals surface area contributed by atoms with E-state index in [9.17, 15) is 4.79 Å². The predicted octanol–water partition coefficient (Wildman–Crippen LogP) is -0.438. The van der Waals surface area contributed by atoms with E-state index in [0.717, 1.165) is 32.7 Å². The summed E-state index contributed by atoms with van der Waals surface area (Å²) in [5, 5.41) is 2.94. The fourth-order valence-electron chi connectivity index (χ4n) is 1.76. The van der Waals surface area contributed by atoms with Gasteiger partial charge in [-0.15, -0.1) is 0 Å². The number of nitrogens with one attached hydrogen (secondary N) is 1. The first kappa shape index (κ1) is 13.4. The van der Waals surface area contributed by atoms with Gasteiger partial charge in [0.25, 0.3) is 0 Å². The van der Waals surface area contributed by atoms with Crippen LogP contribution < -0.4 is 11.1 Å². The van der Waals surface area contributed by atoms with Crippen molar-refractivity contribution in [3.8, 4) is 0 Å². The van der Waals surface area contributed by atoms with Crippen LogP contribution >= 0.6 is 0 Å². The Morgan fingerprint density at radius 1 is 1.50 bits per heavy atom. The summed E-state index contributed by atoms with van der Waals surface area (Å²) in [7, 11) is 0. The minimum Gasteiger partial charge on any atom is -0.379 e. The van der Waals surface area contributed by atoms with Crippen molar-refractivity contribution < 1.29 is 9.53 Å². The van der Waals surface area contributed by atoms with Crippen molar-refractivity contribution in [3.05, 3.63) is 0 Å². The standard InChI is InChI=1S/C11H23N3O2/c1-10(14-5-7-16-8-6-14)9-13-11(15)3-2-4-12/h10H,2-9,12H2,1H3,(H,13,15). The number of nitrogens with two attached hydrogens (primary N) is 1. The van der Waals surface area contributed by atoms with Crippen LogP contribution in [0.15, 0.2) is 0 Å². The predicted molar refractivity (Wildman–Crippen MR) is 63.2 cm³/mol. The molecule has 1 atom stereocenters. The van der Waals surface area contributed by atoms with Crippen molar-refractivity contribution in [1.29, 1.82) is 0 Å². The SMILES string of the molecule is CC(CNC(=O)CCCN)N1CCOCC1. The van der Waals surface area contributed by atoms with Gasteiger partial charge in [-0.3, -0.25) is 9.69 Å². The van der Waals surface area contributed by atoms with Crippen LogP contribution in [-0.4, -0.2) is 56.2 Å². The number of amides is 1. The topological polar surface area (TPSA) is 67.6 Å². The largest absolute Gasteiger partial charge is 0.379 e. The number of morpholine rings is 1. The molecular weight excluding hydrogens is 206 g/mol. The van der Waals surface area contributed by atoms with Gasteiger partial charge in [0.2, 0.25) is 5.91 Å². The van der Waals surface area contributed by atoms with Gasteiger partial charge in [0.1, 0.15) is 0 Å². The molecule has 0 aromatic carbocycles. The summed E-state index contributed by atoms with van der Waals surface area (Å²) in [4.78, 5) is 13.7. The van der Waals surface area contributed by atoms with Gasteiger partial charge >= 0.3 is 0 Å². The summed E-state index contributed by atoms with van der Waals surface area (Å²) < 4.78 is 5.29. The van der Waals surface area contributed by atoms with Gasteiger partial charge in [-0.2, -0.15) is 0 Å². The average Bonchev–Trinajstić information content (AvgIpc) is 2.34. The number of ether oxygens (including phenoxy) is 1. The Bertz CT molecular complexity index is 205. The molecule has 5 nitrogen and oxygen atoms in total. The van der Waals surface area contributed by atoms with E-state index in [0.29, 0.717) is 25.6 Å². The number of hydrogen-bond acceptors (Lipinski definition) is 4. The van der Waals surface area contributed by atoms with Gasteiger partial charge in [0.15, 0.2) is 0 Å². The Hall–Kier alpha value is -0.650. The fourth-order valence-corrected chi connectivity index (χ4v) is 1.76. The maximum Gasteiger partial charge on any atom is 0.220 e. The highest BCUT2D eigenvalue weighted by atomic mass is 16.5. The minimum absolute atomic E-state index is 0.102. The second-order valence-electron chi connectivity index (χ2n) is 4.19. The molecule has 1 amide bonds. The average molecular weight is 229 g/mol.